The lowest BCUT2D eigenvalue weighted by Crippen LogP contribution is -2.43. The van der Waals surface area contributed by atoms with Gasteiger partial charge in [-0.25, -0.2) is 0 Å². The van der Waals surface area contributed by atoms with Gasteiger partial charge in [0.1, 0.15) is 0 Å². The molecule has 0 spiro atoms. The quantitative estimate of drug-likeness (QED) is 0.846. The third-order valence-electron chi connectivity index (χ3n) is 4.27. The number of likely N-dealkylation sites (N-methyl/N-ethyl adjacent to an activating group) is 1. The Morgan fingerprint density at radius 2 is 1.89 bits per heavy atom. The first-order valence-electron chi connectivity index (χ1n) is 7.30. The van der Waals surface area contributed by atoms with Gasteiger partial charge in [0.2, 0.25) is 11.8 Å². The molecular weight excluding hydrogens is 240 g/mol. The molecule has 1 rings (SSSR count). The first-order chi connectivity index (χ1) is 8.82. The van der Waals surface area contributed by atoms with Gasteiger partial charge in [-0.05, 0) is 30.6 Å². The minimum absolute atomic E-state index is 0.0560. The first kappa shape index (κ1) is 16.0. The summed E-state index contributed by atoms with van der Waals surface area (Å²) in [4.78, 5) is 25.3. The molecule has 0 saturated heterocycles. The molecule has 0 aromatic carbocycles. The largest absolute Gasteiger partial charge is 0.347 e. The highest BCUT2D eigenvalue weighted by Gasteiger charge is 2.35. The Morgan fingerprint density at radius 1 is 1.26 bits per heavy atom. The molecule has 1 saturated carbocycles. The molecule has 4 nitrogen and oxygen atoms in total. The summed E-state index contributed by atoms with van der Waals surface area (Å²) < 4.78 is 0. The number of carbonyl (C=O) groups excluding carboxylic acids is 2. The van der Waals surface area contributed by atoms with Crippen LogP contribution in [0.1, 0.15) is 40.0 Å². The first-order valence-corrected chi connectivity index (χ1v) is 7.30. The second kappa shape index (κ2) is 6.92. The Morgan fingerprint density at radius 3 is 2.42 bits per heavy atom. The second-order valence-corrected chi connectivity index (χ2v) is 6.44. The molecule has 0 radical (unpaired) electrons. The van der Waals surface area contributed by atoms with E-state index in [-0.39, 0.29) is 24.3 Å². The minimum atomic E-state index is -0.0571. The standard InChI is InChI=1S/C15H28N2O2/c1-10(2)12-7-6-11(3)8-13(12)15(19)16-9-14(18)17(4)5/h10-13H,6-9H2,1-5H3,(H,16,19)/t11-,12+,13-/m1/s1. The van der Waals surface area contributed by atoms with E-state index in [9.17, 15) is 9.59 Å². The van der Waals surface area contributed by atoms with Crippen LogP contribution in [-0.4, -0.2) is 37.4 Å². The number of nitrogens with zero attached hydrogens (tertiary/aromatic N) is 1. The van der Waals surface area contributed by atoms with E-state index < -0.39 is 0 Å². The molecular formula is C15H28N2O2. The van der Waals surface area contributed by atoms with Gasteiger partial charge in [-0.3, -0.25) is 9.59 Å². The van der Waals surface area contributed by atoms with Crippen molar-refractivity contribution < 1.29 is 9.59 Å². The van der Waals surface area contributed by atoms with Crippen LogP contribution in [0.5, 0.6) is 0 Å². The average Bonchev–Trinajstić information content (AvgIpc) is 2.34. The maximum absolute atomic E-state index is 12.3. The Bertz CT molecular complexity index is 326. The van der Waals surface area contributed by atoms with Crippen molar-refractivity contribution >= 4 is 11.8 Å². The Balaban J connectivity index is 2.58. The molecule has 0 heterocycles. The molecule has 0 bridgehead atoms. The SMILES string of the molecule is CC(C)[C@@H]1CC[C@@H](C)C[C@H]1C(=O)NCC(=O)N(C)C. The van der Waals surface area contributed by atoms with Crippen LogP contribution in [0.2, 0.25) is 0 Å². The number of hydrogen-bond donors (Lipinski definition) is 1. The van der Waals surface area contributed by atoms with Gasteiger partial charge in [-0.15, -0.1) is 0 Å². The van der Waals surface area contributed by atoms with Crippen molar-refractivity contribution in [1.82, 2.24) is 10.2 Å². The van der Waals surface area contributed by atoms with Crippen LogP contribution >= 0.6 is 0 Å². The summed E-state index contributed by atoms with van der Waals surface area (Å²) in [6.45, 7) is 6.70. The highest BCUT2D eigenvalue weighted by molar-refractivity contribution is 5.85. The van der Waals surface area contributed by atoms with Gasteiger partial charge in [0, 0.05) is 20.0 Å². The van der Waals surface area contributed by atoms with Crippen molar-refractivity contribution in [3.63, 3.8) is 0 Å². The van der Waals surface area contributed by atoms with E-state index in [2.05, 4.69) is 26.1 Å². The zero-order valence-electron chi connectivity index (χ0n) is 12.9. The molecule has 0 aromatic heterocycles. The van der Waals surface area contributed by atoms with E-state index in [1.54, 1.807) is 14.1 Å². The minimum Gasteiger partial charge on any atom is -0.347 e. The number of hydrogen-bond acceptors (Lipinski definition) is 2. The molecule has 4 heteroatoms. The van der Waals surface area contributed by atoms with E-state index in [4.69, 9.17) is 0 Å². The van der Waals surface area contributed by atoms with Crippen LogP contribution in [0.4, 0.5) is 0 Å². The van der Waals surface area contributed by atoms with Gasteiger partial charge in [0.05, 0.1) is 6.54 Å². The van der Waals surface area contributed by atoms with Gasteiger partial charge in [-0.1, -0.05) is 27.2 Å². The highest BCUT2D eigenvalue weighted by atomic mass is 16.2. The van der Waals surface area contributed by atoms with Crippen molar-refractivity contribution in [2.45, 2.75) is 40.0 Å². The van der Waals surface area contributed by atoms with Crippen LogP contribution in [0.3, 0.4) is 0 Å². The molecule has 0 aliphatic heterocycles. The third-order valence-corrected chi connectivity index (χ3v) is 4.27. The lowest BCUT2D eigenvalue weighted by Gasteiger charge is -2.36. The summed E-state index contributed by atoms with van der Waals surface area (Å²) in [5.74, 6) is 1.64. The van der Waals surface area contributed by atoms with Crippen molar-refractivity contribution in [3.05, 3.63) is 0 Å². The summed E-state index contributed by atoms with van der Waals surface area (Å²) >= 11 is 0. The maximum atomic E-state index is 12.3. The van der Waals surface area contributed by atoms with Crippen molar-refractivity contribution in [1.29, 1.82) is 0 Å². The molecule has 1 N–H and O–H groups in total. The zero-order chi connectivity index (χ0) is 14.6. The molecule has 1 aliphatic carbocycles. The Hall–Kier alpha value is -1.06. The number of amides is 2. The van der Waals surface area contributed by atoms with Gasteiger partial charge >= 0.3 is 0 Å². The monoisotopic (exact) mass is 268 g/mol. The van der Waals surface area contributed by atoms with Gasteiger partial charge in [0.25, 0.3) is 0 Å². The molecule has 3 atom stereocenters. The Kier molecular flexibility index (Phi) is 5.83. The average molecular weight is 268 g/mol. The lowest BCUT2D eigenvalue weighted by atomic mass is 9.70. The molecule has 0 aromatic rings. The van der Waals surface area contributed by atoms with E-state index in [1.807, 2.05) is 0 Å². The topological polar surface area (TPSA) is 49.4 Å². The van der Waals surface area contributed by atoms with E-state index in [1.165, 1.54) is 11.3 Å². The number of carbonyl (C=O) groups is 2. The van der Waals surface area contributed by atoms with Crippen LogP contribution in [-0.2, 0) is 9.59 Å². The fourth-order valence-electron chi connectivity index (χ4n) is 2.96. The molecule has 110 valence electrons. The summed E-state index contributed by atoms with van der Waals surface area (Å²) in [5.41, 5.74) is 0. The third kappa shape index (κ3) is 4.51. The zero-order valence-corrected chi connectivity index (χ0v) is 12.9. The normalized spacial score (nSPS) is 27.2. The van der Waals surface area contributed by atoms with Gasteiger partial charge in [-0.2, -0.15) is 0 Å². The smallest absolute Gasteiger partial charge is 0.241 e. The number of nitrogens with one attached hydrogen (secondary N) is 1. The van der Waals surface area contributed by atoms with E-state index >= 15 is 0 Å². The summed E-state index contributed by atoms with van der Waals surface area (Å²) in [6.07, 6.45) is 3.28. The second-order valence-electron chi connectivity index (χ2n) is 6.44. The Labute approximate surface area is 116 Å². The summed E-state index contributed by atoms with van der Waals surface area (Å²) in [6, 6.07) is 0. The van der Waals surface area contributed by atoms with Crippen molar-refractivity contribution in [3.8, 4) is 0 Å². The predicted octanol–water partition coefficient (Wildman–Crippen LogP) is 1.90. The van der Waals surface area contributed by atoms with Crippen LogP contribution in [0.15, 0.2) is 0 Å². The fourth-order valence-corrected chi connectivity index (χ4v) is 2.96. The molecule has 2 amide bonds. The van der Waals surface area contributed by atoms with Crippen LogP contribution < -0.4 is 5.32 Å². The molecule has 0 unspecified atom stereocenters. The number of rotatable bonds is 4. The van der Waals surface area contributed by atoms with Gasteiger partial charge in [0.15, 0.2) is 0 Å². The predicted molar refractivity (Wildman–Crippen MR) is 76.5 cm³/mol. The lowest BCUT2D eigenvalue weighted by molar-refractivity contribution is -0.134. The maximum Gasteiger partial charge on any atom is 0.241 e. The van der Waals surface area contributed by atoms with Crippen molar-refractivity contribution in [2.24, 2.45) is 23.7 Å². The fraction of sp³-hybridized carbons (Fsp3) is 0.867. The van der Waals surface area contributed by atoms with Crippen LogP contribution in [0, 0.1) is 23.7 Å². The molecule has 1 aliphatic rings. The summed E-state index contributed by atoms with van der Waals surface area (Å²) in [5, 5.41) is 2.81. The van der Waals surface area contributed by atoms with E-state index in [0.717, 1.165) is 12.8 Å². The van der Waals surface area contributed by atoms with Gasteiger partial charge < -0.3 is 10.2 Å². The molecule has 19 heavy (non-hydrogen) atoms. The van der Waals surface area contributed by atoms with Crippen LogP contribution in [0.25, 0.3) is 0 Å². The molecule has 1 fully saturated rings. The van der Waals surface area contributed by atoms with Crippen molar-refractivity contribution in [2.75, 3.05) is 20.6 Å². The highest BCUT2D eigenvalue weighted by Crippen LogP contribution is 2.37. The van der Waals surface area contributed by atoms with E-state index in [0.29, 0.717) is 17.8 Å². The summed E-state index contributed by atoms with van der Waals surface area (Å²) in [7, 11) is 3.40.